The minimum absolute atomic E-state index is 0.328. The predicted molar refractivity (Wildman–Crippen MR) is 62.8 cm³/mol. The zero-order chi connectivity index (χ0) is 10.2. The maximum Gasteiger partial charge on any atom is 0.147 e. The van der Waals surface area contributed by atoms with Gasteiger partial charge >= 0.3 is 0 Å². The molecule has 14 heavy (non-hydrogen) atoms. The molecule has 1 aromatic rings. The maximum absolute atomic E-state index is 11.5. The summed E-state index contributed by atoms with van der Waals surface area (Å²) in [5.41, 5.74) is 1.12. The van der Waals surface area contributed by atoms with E-state index in [9.17, 15) is 4.79 Å². The summed E-state index contributed by atoms with van der Waals surface area (Å²) in [4.78, 5) is 11.5. The molecule has 2 heteroatoms. The SMILES string of the molecule is CCCSCC(=O)Cc1ccccc1. The van der Waals surface area contributed by atoms with Crippen molar-refractivity contribution in [1.29, 1.82) is 0 Å². The highest BCUT2D eigenvalue weighted by Gasteiger charge is 2.02. The summed E-state index contributed by atoms with van der Waals surface area (Å²) < 4.78 is 0. The monoisotopic (exact) mass is 208 g/mol. The molecule has 0 saturated heterocycles. The Morgan fingerprint density at radius 3 is 2.64 bits per heavy atom. The second kappa shape index (κ2) is 6.66. The van der Waals surface area contributed by atoms with Gasteiger partial charge in [0.15, 0.2) is 0 Å². The third-order valence-electron chi connectivity index (χ3n) is 1.86. The van der Waals surface area contributed by atoms with Crippen LogP contribution in [-0.4, -0.2) is 17.3 Å². The molecule has 0 aliphatic rings. The van der Waals surface area contributed by atoms with Crippen LogP contribution in [0.15, 0.2) is 30.3 Å². The van der Waals surface area contributed by atoms with Crippen molar-refractivity contribution in [3.8, 4) is 0 Å². The Kier molecular flexibility index (Phi) is 5.38. The highest BCUT2D eigenvalue weighted by Crippen LogP contribution is 2.06. The first kappa shape index (κ1) is 11.3. The van der Waals surface area contributed by atoms with Crippen molar-refractivity contribution in [3.05, 3.63) is 35.9 Å². The zero-order valence-corrected chi connectivity index (χ0v) is 9.35. The van der Waals surface area contributed by atoms with Gasteiger partial charge in [-0.1, -0.05) is 37.3 Å². The van der Waals surface area contributed by atoms with E-state index >= 15 is 0 Å². The molecular weight excluding hydrogens is 192 g/mol. The highest BCUT2D eigenvalue weighted by atomic mass is 32.2. The fourth-order valence-electron chi connectivity index (χ4n) is 1.20. The minimum atomic E-state index is 0.328. The molecule has 0 aromatic heterocycles. The Morgan fingerprint density at radius 2 is 2.00 bits per heavy atom. The number of carbonyl (C=O) groups is 1. The van der Waals surface area contributed by atoms with Crippen LogP contribution < -0.4 is 0 Å². The fraction of sp³-hybridized carbons (Fsp3) is 0.417. The number of rotatable bonds is 6. The van der Waals surface area contributed by atoms with Crippen molar-refractivity contribution in [2.75, 3.05) is 11.5 Å². The van der Waals surface area contributed by atoms with Crippen LogP contribution in [0.25, 0.3) is 0 Å². The van der Waals surface area contributed by atoms with E-state index in [-0.39, 0.29) is 0 Å². The number of Topliss-reactive ketones (excluding diaryl/α,β-unsaturated/α-hetero) is 1. The molecule has 0 spiro atoms. The molecule has 0 heterocycles. The quantitative estimate of drug-likeness (QED) is 0.669. The molecule has 76 valence electrons. The second-order valence-corrected chi connectivity index (χ2v) is 4.36. The number of benzene rings is 1. The molecular formula is C12H16OS. The Bertz CT molecular complexity index is 269. The van der Waals surface area contributed by atoms with Gasteiger partial charge in [-0.25, -0.2) is 0 Å². The van der Waals surface area contributed by atoms with Crippen LogP contribution in [0.4, 0.5) is 0 Å². The largest absolute Gasteiger partial charge is 0.298 e. The Hall–Kier alpha value is -0.760. The third-order valence-corrected chi connectivity index (χ3v) is 3.08. The van der Waals surface area contributed by atoms with E-state index in [0.29, 0.717) is 18.0 Å². The van der Waals surface area contributed by atoms with E-state index in [4.69, 9.17) is 0 Å². The van der Waals surface area contributed by atoms with Crippen molar-refractivity contribution in [2.45, 2.75) is 19.8 Å². The molecule has 0 aliphatic carbocycles. The lowest BCUT2D eigenvalue weighted by molar-refractivity contribution is -0.116. The average Bonchev–Trinajstić information content (AvgIpc) is 2.20. The number of hydrogen-bond acceptors (Lipinski definition) is 2. The van der Waals surface area contributed by atoms with Gasteiger partial charge in [0.05, 0.1) is 5.75 Å². The van der Waals surface area contributed by atoms with Crippen molar-refractivity contribution < 1.29 is 4.79 Å². The molecule has 0 amide bonds. The maximum atomic E-state index is 11.5. The fourth-order valence-corrected chi connectivity index (χ4v) is 1.97. The van der Waals surface area contributed by atoms with Gasteiger partial charge in [-0.2, -0.15) is 11.8 Å². The number of thioether (sulfide) groups is 1. The van der Waals surface area contributed by atoms with Gasteiger partial charge in [0.2, 0.25) is 0 Å². The standard InChI is InChI=1S/C12H16OS/c1-2-8-14-10-12(13)9-11-6-4-3-5-7-11/h3-7H,2,8-10H2,1H3. The van der Waals surface area contributed by atoms with E-state index in [1.165, 1.54) is 0 Å². The first-order chi connectivity index (χ1) is 6.83. The molecule has 0 atom stereocenters. The van der Waals surface area contributed by atoms with E-state index < -0.39 is 0 Å². The molecule has 1 nitrogen and oxygen atoms in total. The van der Waals surface area contributed by atoms with Crippen LogP contribution in [0.5, 0.6) is 0 Å². The van der Waals surface area contributed by atoms with Crippen LogP contribution in [0.3, 0.4) is 0 Å². The summed E-state index contributed by atoms with van der Waals surface area (Å²) in [6.07, 6.45) is 1.72. The summed E-state index contributed by atoms with van der Waals surface area (Å²) in [5.74, 6) is 2.07. The number of hydrogen-bond donors (Lipinski definition) is 0. The van der Waals surface area contributed by atoms with Crippen LogP contribution in [0.2, 0.25) is 0 Å². The van der Waals surface area contributed by atoms with Gasteiger partial charge in [-0.05, 0) is 17.7 Å². The molecule has 0 N–H and O–H groups in total. The lowest BCUT2D eigenvalue weighted by Gasteiger charge is -2.00. The van der Waals surface area contributed by atoms with Crippen LogP contribution in [0.1, 0.15) is 18.9 Å². The first-order valence-electron chi connectivity index (χ1n) is 4.96. The summed E-state index contributed by atoms with van der Waals surface area (Å²) in [5, 5.41) is 0. The van der Waals surface area contributed by atoms with Gasteiger partial charge in [0.25, 0.3) is 0 Å². The van der Waals surface area contributed by atoms with Crippen molar-refractivity contribution >= 4 is 17.5 Å². The highest BCUT2D eigenvalue weighted by molar-refractivity contribution is 7.99. The summed E-state index contributed by atoms with van der Waals surface area (Å²) in [7, 11) is 0. The summed E-state index contributed by atoms with van der Waals surface area (Å²) >= 11 is 1.73. The first-order valence-corrected chi connectivity index (χ1v) is 6.11. The normalized spacial score (nSPS) is 10.1. The molecule has 0 saturated carbocycles. The lowest BCUT2D eigenvalue weighted by Crippen LogP contribution is -2.05. The lowest BCUT2D eigenvalue weighted by atomic mass is 10.1. The third kappa shape index (κ3) is 4.47. The van der Waals surface area contributed by atoms with E-state index in [1.807, 2.05) is 30.3 Å². The van der Waals surface area contributed by atoms with Crippen LogP contribution in [-0.2, 0) is 11.2 Å². The number of carbonyl (C=O) groups excluding carboxylic acids is 1. The number of ketones is 1. The second-order valence-electron chi connectivity index (χ2n) is 3.25. The Labute approximate surface area is 89.9 Å². The molecule has 0 bridgehead atoms. The Balaban J connectivity index is 2.27. The molecule has 0 fully saturated rings. The van der Waals surface area contributed by atoms with Crippen molar-refractivity contribution in [1.82, 2.24) is 0 Å². The van der Waals surface area contributed by atoms with Gasteiger partial charge in [-0.15, -0.1) is 0 Å². The van der Waals surface area contributed by atoms with Gasteiger partial charge in [-0.3, -0.25) is 4.79 Å². The zero-order valence-electron chi connectivity index (χ0n) is 8.53. The van der Waals surface area contributed by atoms with Crippen LogP contribution >= 0.6 is 11.8 Å². The summed E-state index contributed by atoms with van der Waals surface area (Å²) in [6, 6.07) is 9.92. The summed E-state index contributed by atoms with van der Waals surface area (Å²) in [6.45, 7) is 2.13. The van der Waals surface area contributed by atoms with Gasteiger partial charge < -0.3 is 0 Å². The molecule has 0 radical (unpaired) electrons. The average molecular weight is 208 g/mol. The van der Waals surface area contributed by atoms with E-state index in [1.54, 1.807) is 11.8 Å². The molecule has 1 rings (SSSR count). The van der Waals surface area contributed by atoms with Crippen molar-refractivity contribution in [2.24, 2.45) is 0 Å². The Morgan fingerprint density at radius 1 is 1.29 bits per heavy atom. The smallest absolute Gasteiger partial charge is 0.147 e. The van der Waals surface area contributed by atoms with E-state index in [2.05, 4.69) is 6.92 Å². The molecule has 0 aliphatic heterocycles. The minimum Gasteiger partial charge on any atom is -0.298 e. The van der Waals surface area contributed by atoms with Crippen molar-refractivity contribution in [3.63, 3.8) is 0 Å². The van der Waals surface area contributed by atoms with E-state index in [0.717, 1.165) is 17.7 Å². The molecule has 1 aromatic carbocycles. The predicted octanol–water partition coefficient (Wildman–Crippen LogP) is 2.94. The molecule has 0 unspecified atom stereocenters. The van der Waals surface area contributed by atoms with Crippen LogP contribution in [0, 0.1) is 0 Å². The topological polar surface area (TPSA) is 17.1 Å². The van der Waals surface area contributed by atoms with Gasteiger partial charge in [0.1, 0.15) is 5.78 Å². The van der Waals surface area contributed by atoms with Gasteiger partial charge in [0, 0.05) is 6.42 Å².